The van der Waals surface area contributed by atoms with Crippen LogP contribution in [0.3, 0.4) is 0 Å². The molecule has 0 aliphatic heterocycles. The molecule has 0 bridgehead atoms. The molecule has 0 aromatic heterocycles. The molecule has 0 amide bonds. The monoisotopic (exact) mass is 494 g/mol. The lowest BCUT2D eigenvalue weighted by molar-refractivity contribution is -0.860. The Labute approximate surface area is 196 Å². The third kappa shape index (κ3) is 24.0. The topological polar surface area (TPSA) is 148 Å². The summed E-state index contributed by atoms with van der Waals surface area (Å²) in [5.41, 5.74) is 0. The van der Waals surface area contributed by atoms with Crippen LogP contribution in [-0.2, 0) is 60.1 Å². The van der Waals surface area contributed by atoms with Crippen LogP contribution in [0.2, 0.25) is 0 Å². The second-order valence-electron chi connectivity index (χ2n) is 6.11. The van der Waals surface area contributed by atoms with Gasteiger partial charge < -0.3 is 14.9 Å². The quantitative estimate of drug-likeness (QED) is 0.0737. The van der Waals surface area contributed by atoms with Gasteiger partial charge in [0.05, 0.1) is 0 Å². The minimum absolute atomic E-state index is 0.356. The number of carboxylic acid groups (broad SMARTS) is 1. The average molecular weight is 494 g/mol. The van der Waals surface area contributed by atoms with Gasteiger partial charge in [0, 0.05) is 62.9 Å². The first kappa shape index (κ1) is 31.4. The molecule has 1 aromatic rings. The van der Waals surface area contributed by atoms with Crippen molar-refractivity contribution in [1.29, 1.82) is 0 Å². The number of allylic oxidation sites excluding steroid dienone is 1. The fourth-order valence-electron chi connectivity index (χ4n) is 2.00. The smallest absolute Gasteiger partial charge is 0.327 e. The highest BCUT2D eigenvalue weighted by Crippen LogP contribution is 2.12. The molecule has 0 atom stereocenters. The lowest BCUT2D eigenvalue weighted by Gasteiger charge is -2.04. The summed E-state index contributed by atoms with van der Waals surface area (Å²) in [4.78, 5) is 18.5. The Kier molecular flexibility index (Phi) is 23.1. The molecule has 0 heterocycles. The van der Waals surface area contributed by atoms with E-state index in [4.69, 9.17) is 5.11 Å². The molecule has 0 unspecified atom stereocenters. The van der Waals surface area contributed by atoms with Crippen molar-refractivity contribution in [2.45, 2.75) is 58.3 Å². The predicted octanol–water partition coefficient (Wildman–Crippen LogP) is 5.22. The summed E-state index contributed by atoms with van der Waals surface area (Å²) in [5, 5.41) is 46.8. The Morgan fingerprint density at radius 3 is 1.79 bits per heavy atom. The fraction of sp³-hybridized carbons (Fsp3) is 0.450. The first-order valence-electron chi connectivity index (χ1n) is 10.2. The van der Waals surface area contributed by atoms with E-state index in [1.54, 1.807) is 30.3 Å². The van der Waals surface area contributed by atoms with Gasteiger partial charge in [-0.1, -0.05) is 76.8 Å². The fourth-order valence-corrected chi connectivity index (χ4v) is 2.00. The largest absolute Gasteiger partial charge is 0.478 e. The maximum absolute atomic E-state index is 9.25. The summed E-state index contributed by atoms with van der Waals surface area (Å²) in [6.07, 6.45) is 9.69. The van der Waals surface area contributed by atoms with E-state index in [0.29, 0.717) is 17.9 Å². The number of unbranched alkanes of at least 4 members (excludes halogenated alkanes) is 6. The molecule has 1 aromatic carbocycles. The summed E-state index contributed by atoms with van der Waals surface area (Å²) in [5.74, 6) is -0.259. The highest BCUT2D eigenvalue weighted by Gasteiger charge is 2.01. The number of carbonyl (C=O) groups is 1. The minimum Gasteiger partial charge on any atom is -0.478 e. The van der Waals surface area contributed by atoms with E-state index in [2.05, 4.69) is 80.2 Å². The molecule has 0 saturated carbocycles. The zero-order valence-electron chi connectivity index (χ0n) is 18.8. The van der Waals surface area contributed by atoms with Gasteiger partial charge in [-0.3, -0.25) is 0 Å². The van der Waals surface area contributed by atoms with Gasteiger partial charge in [-0.05, 0) is 18.6 Å². The van der Waals surface area contributed by atoms with Crippen LogP contribution in [0.25, 0.3) is 0 Å². The molecule has 0 fully saturated rings. The lowest BCUT2D eigenvalue weighted by Crippen LogP contribution is -2.05. The highest BCUT2D eigenvalue weighted by atomic mass is 18.0. The Morgan fingerprint density at radius 1 is 0.794 bits per heavy atom. The van der Waals surface area contributed by atoms with Crippen LogP contribution in [0.4, 0.5) is 0 Å². The summed E-state index contributed by atoms with van der Waals surface area (Å²) in [6, 6.07) is 8.42. The molecule has 0 aliphatic rings. The molecule has 1 rings (SSSR count). The molecule has 0 saturated heterocycles. The maximum Gasteiger partial charge on any atom is 0.327 e. The second kappa shape index (κ2) is 25.0. The maximum atomic E-state index is 9.25. The van der Waals surface area contributed by atoms with Gasteiger partial charge >= 0.3 is 5.97 Å². The number of para-hydroxylation sites is 1. The Hall–Kier alpha value is -2.63. The summed E-state index contributed by atoms with van der Waals surface area (Å²) in [6.45, 7) is 8.80. The van der Waals surface area contributed by atoms with Crippen LogP contribution in [0.1, 0.15) is 58.3 Å². The van der Waals surface area contributed by atoms with E-state index < -0.39 is 5.97 Å². The van der Waals surface area contributed by atoms with Crippen molar-refractivity contribution in [2.24, 2.45) is 0 Å². The molecular formula is C20H30O14. The summed E-state index contributed by atoms with van der Waals surface area (Å²) in [7, 11) is 0. The first-order chi connectivity index (χ1) is 16.6. The van der Waals surface area contributed by atoms with Crippen LogP contribution in [0, 0.1) is 0 Å². The van der Waals surface area contributed by atoms with Crippen molar-refractivity contribution in [1.82, 2.24) is 0 Å². The molecular weight excluding hydrogens is 464 g/mol. The molecule has 34 heavy (non-hydrogen) atoms. The van der Waals surface area contributed by atoms with Crippen molar-refractivity contribution in [3.05, 3.63) is 55.3 Å². The van der Waals surface area contributed by atoms with Crippen LogP contribution >= 0.6 is 0 Å². The van der Waals surface area contributed by atoms with Crippen molar-refractivity contribution in [3.8, 4) is 5.75 Å². The van der Waals surface area contributed by atoms with E-state index in [1.807, 2.05) is 0 Å². The Morgan fingerprint density at radius 2 is 1.26 bits per heavy atom. The van der Waals surface area contributed by atoms with E-state index in [1.165, 1.54) is 32.1 Å². The molecule has 0 aliphatic carbocycles. The number of carboxylic acids is 1. The molecule has 14 nitrogen and oxygen atoms in total. The van der Waals surface area contributed by atoms with E-state index in [9.17, 15) is 4.79 Å². The number of hydrogen-bond donors (Lipinski definition) is 1. The summed E-state index contributed by atoms with van der Waals surface area (Å²) < 4.78 is 0. The normalized spacial score (nSPS) is 10.1. The van der Waals surface area contributed by atoms with E-state index in [-0.39, 0.29) is 0 Å². The Bertz CT molecular complexity index is 613. The van der Waals surface area contributed by atoms with E-state index >= 15 is 0 Å². The van der Waals surface area contributed by atoms with Crippen molar-refractivity contribution in [2.75, 3.05) is 0 Å². The van der Waals surface area contributed by atoms with Crippen LogP contribution in [0.15, 0.2) is 55.3 Å². The first-order valence-corrected chi connectivity index (χ1v) is 10.2. The number of benzene rings is 1. The third-order valence-electron chi connectivity index (χ3n) is 3.51. The standard InChI is InChI=1S/C17H26O12.C3H4O2/c1-3-4-5-6-7-8-10-13-16(2)18-20-22-24-26-28-29-27-25-23-21-19-17-14-11-9-12-15-17;1-2-3(4)5/h9,11-12,14-15H,2-8,10,13H2,1H3;2H,1H2,(H,4,5). The van der Waals surface area contributed by atoms with Crippen LogP contribution < -0.4 is 4.89 Å². The SMILES string of the molecule is C=C(CCCCCCCCC)OOOOOOOOOOOOc1ccccc1.C=CC(=O)O. The van der Waals surface area contributed by atoms with Crippen LogP contribution in [-0.4, -0.2) is 11.1 Å². The predicted molar refractivity (Wildman–Crippen MR) is 109 cm³/mol. The zero-order chi connectivity index (χ0) is 25.1. The van der Waals surface area contributed by atoms with Gasteiger partial charge in [-0.15, -0.1) is 0 Å². The van der Waals surface area contributed by atoms with E-state index in [0.717, 1.165) is 18.9 Å². The third-order valence-corrected chi connectivity index (χ3v) is 3.51. The number of aliphatic carboxylic acids is 1. The average Bonchev–Trinajstić information content (AvgIpc) is 2.85. The zero-order valence-corrected chi connectivity index (χ0v) is 18.8. The van der Waals surface area contributed by atoms with Gasteiger partial charge in [0.1, 0.15) is 5.76 Å². The van der Waals surface area contributed by atoms with Crippen molar-refractivity contribution in [3.63, 3.8) is 0 Å². The Balaban J connectivity index is 0.00000196. The van der Waals surface area contributed by atoms with Gasteiger partial charge in [-0.2, -0.15) is 0 Å². The molecule has 14 heteroatoms. The van der Waals surface area contributed by atoms with Gasteiger partial charge in [-0.25, -0.2) is 4.79 Å². The minimum atomic E-state index is -0.981. The van der Waals surface area contributed by atoms with Gasteiger partial charge in [0.2, 0.25) is 0 Å². The van der Waals surface area contributed by atoms with Crippen LogP contribution in [0.5, 0.6) is 5.75 Å². The van der Waals surface area contributed by atoms with Crippen molar-refractivity contribution >= 4 is 5.97 Å². The molecule has 1 N–H and O–H groups in total. The number of hydrogen-bond acceptors (Lipinski definition) is 13. The van der Waals surface area contributed by atoms with Gasteiger partial charge in [0.15, 0.2) is 5.75 Å². The van der Waals surface area contributed by atoms with Gasteiger partial charge in [0.25, 0.3) is 0 Å². The molecule has 0 spiro atoms. The second-order valence-corrected chi connectivity index (χ2v) is 6.11. The summed E-state index contributed by atoms with van der Waals surface area (Å²) >= 11 is 0. The number of rotatable bonds is 22. The highest BCUT2D eigenvalue weighted by molar-refractivity contribution is 5.78. The van der Waals surface area contributed by atoms with Crippen molar-refractivity contribution < 1.29 is 70.1 Å². The molecule has 0 radical (unpaired) electrons. The molecule has 194 valence electrons. The lowest BCUT2D eigenvalue weighted by atomic mass is 10.1.